The van der Waals surface area contributed by atoms with Crippen molar-refractivity contribution in [3.8, 4) is 5.75 Å². The molecule has 0 aliphatic rings. The maximum atomic E-state index is 13.7. The molecule has 0 unspecified atom stereocenters. The number of hydrogen-bond acceptors (Lipinski definition) is 5. The molecule has 2 aromatic rings. The van der Waals surface area contributed by atoms with Crippen LogP contribution in [0.25, 0.3) is 6.08 Å². The minimum absolute atomic E-state index is 0.122. The maximum Gasteiger partial charge on any atom is 0.433 e. The van der Waals surface area contributed by atoms with Crippen LogP contribution in [0.2, 0.25) is 0 Å². The summed E-state index contributed by atoms with van der Waals surface area (Å²) in [4.78, 5) is 21.7. The topological polar surface area (TPSA) is 94.6 Å². The van der Waals surface area contributed by atoms with Crippen LogP contribution in [0, 0.1) is 15.9 Å². The first-order valence-corrected chi connectivity index (χ1v) is 6.97. The number of nitro groups is 1. The molecule has 0 bridgehead atoms. The molecule has 126 valence electrons. The van der Waals surface area contributed by atoms with Gasteiger partial charge in [0.1, 0.15) is 10.7 Å². The molecule has 1 aromatic carbocycles. The lowest BCUT2D eigenvalue weighted by Crippen LogP contribution is -2.24. The van der Waals surface area contributed by atoms with E-state index in [-0.39, 0.29) is 11.5 Å². The Balaban J connectivity index is 1.99. The van der Waals surface area contributed by atoms with Crippen molar-refractivity contribution >= 4 is 17.9 Å². The first-order chi connectivity index (χ1) is 11.4. The van der Waals surface area contributed by atoms with Crippen LogP contribution in [0.3, 0.4) is 0 Å². The summed E-state index contributed by atoms with van der Waals surface area (Å²) in [5.41, 5.74) is 0.573. The number of amides is 1. The molecule has 1 heterocycles. The molecule has 7 nitrogen and oxygen atoms in total. The Hall–Kier alpha value is -3.16. The predicted molar refractivity (Wildman–Crippen MR) is 83.9 cm³/mol. The number of benzene rings is 1. The van der Waals surface area contributed by atoms with E-state index in [1.807, 2.05) is 0 Å². The Morgan fingerprint density at radius 3 is 2.75 bits per heavy atom. The van der Waals surface area contributed by atoms with Gasteiger partial charge < -0.3 is 14.5 Å². The van der Waals surface area contributed by atoms with Crippen LogP contribution in [0.5, 0.6) is 5.75 Å². The molecule has 1 N–H and O–H groups in total. The fourth-order valence-corrected chi connectivity index (χ4v) is 1.98. The van der Waals surface area contributed by atoms with E-state index in [0.29, 0.717) is 5.56 Å². The van der Waals surface area contributed by atoms with Crippen molar-refractivity contribution in [3.63, 3.8) is 0 Å². The third-order valence-corrected chi connectivity index (χ3v) is 3.23. The number of ether oxygens (including phenoxy) is 1. The summed E-state index contributed by atoms with van der Waals surface area (Å²) < 4.78 is 23.4. The summed E-state index contributed by atoms with van der Waals surface area (Å²) in [5, 5.41) is 13.1. The van der Waals surface area contributed by atoms with E-state index < -0.39 is 28.6 Å². The van der Waals surface area contributed by atoms with E-state index in [9.17, 15) is 19.3 Å². The van der Waals surface area contributed by atoms with Gasteiger partial charge in [-0.05, 0) is 36.8 Å². The quantitative estimate of drug-likeness (QED) is 0.497. The van der Waals surface area contributed by atoms with E-state index in [4.69, 9.17) is 9.15 Å². The molecule has 0 fully saturated rings. The Bertz CT molecular complexity index is 785. The maximum absolute atomic E-state index is 13.7. The number of nitrogens with zero attached hydrogens (tertiary/aromatic N) is 1. The third-order valence-electron chi connectivity index (χ3n) is 3.23. The van der Waals surface area contributed by atoms with Crippen molar-refractivity contribution in [2.75, 3.05) is 7.11 Å². The number of hydrogen-bond donors (Lipinski definition) is 1. The highest BCUT2D eigenvalue weighted by Gasteiger charge is 2.12. The highest BCUT2D eigenvalue weighted by atomic mass is 19.1. The Kier molecular flexibility index (Phi) is 5.31. The highest BCUT2D eigenvalue weighted by molar-refractivity contribution is 5.91. The fourth-order valence-electron chi connectivity index (χ4n) is 1.98. The minimum Gasteiger partial charge on any atom is -0.494 e. The number of carbonyl (C=O) groups excluding carboxylic acids is 1. The number of methoxy groups -OCH3 is 1. The first kappa shape index (κ1) is 17.2. The lowest BCUT2D eigenvalue weighted by atomic mass is 10.1. The van der Waals surface area contributed by atoms with E-state index >= 15 is 0 Å². The molecule has 2 rings (SSSR count). The van der Waals surface area contributed by atoms with Gasteiger partial charge in [0.25, 0.3) is 0 Å². The number of rotatable bonds is 6. The zero-order chi connectivity index (χ0) is 17.7. The SMILES string of the molecule is COc1ccc([C@H](C)NC(=O)/C=C/c2ccc([N+](=O)[O-])o2)cc1F. The largest absolute Gasteiger partial charge is 0.494 e. The minimum atomic E-state index is -0.669. The summed E-state index contributed by atoms with van der Waals surface area (Å²) in [6, 6.07) is 6.54. The van der Waals surface area contributed by atoms with Crippen LogP contribution in [-0.2, 0) is 4.79 Å². The highest BCUT2D eigenvalue weighted by Crippen LogP contribution is 2.22. The van der Waals surface area contributed by atoms with Gasteiger partial charge in [0.2, 0.25) is 5.91 Å². The predicted octanol–water partition coefficient (Wildman–Crippen LogP) is 3.23. The molecule has 0 aliphatic carbocycles. The van der Waals surface area contributed by atoms with Crippen molar-refractivity contribution in [1.82, 2.24) is 5.32 Å². The van der Waals surface area contributed by atoms with Crippen LogP contribution in [0.4, 0.5) is 10.3 Å². The summed E-state index contributed by atoms with van der Waals surface area (Å²) in [6.45, 7) is 1.70. The number of carbonyl (C=O) groups is 1. The number of nitrogens with one attached hydrogen (secondary N) is 1. The van der Waals surface area contributed by atoms with E-state index in [1.54, 1.807) is 13.0 Å². The van der Waals surface area contributed by atoms with Crippen LogP contribution >= 0.6 is 0 Å². The second-order valence-electron chi connectivity index (χ2n) is 4.89. The molecule has 0 aliphatic heterocycles. The van der Waals surface area contributed by atoms with Crippen molar-refractivity contribution in [2.45, 2.75) is 13.0 Å². The van der Waals surface area contributed by atoms with Crippen molar-refractivity contribution in [2.24, 2.45) is 0 Å². The Labute approximate surface area is 136 Å². The fraction of sp³-hybridized carbons (Fsp3) is 0.188. The summed E-state index contributed by atoms with van der Waals surface area (Å²) in [6.07, 6.45) is 2.49. The van der Waals surface area contributed by atoms with E-state index in [0.717, 1.165) is 0 Å². The monoisotopic (exact) mass is 334 g/mol. The van der Waals surface area contributed by atoms with Gasteiger partial charge in [0.05, 0.1) is 19.2 Å². The zero-order valence-corrected chi connectivity index (χ0v) is 13.0. The average molecular weight is 334 g/mol. The van der Waals surface area contributed by atoms with Gasteiger partial charge in [-0.2, -0.15) is 0 Å². The van der Waals surface area contributed by atoms with Crippen LogP contribution in [0.1, 0.15) is 24.3 Å². The average Bonchev–Trinajstić information content (AvgIpc) is 3.02. The van der Waals surface area contributed by atoms with Gasteiger partial charge >= 0.3 is 5.88 Å². The molecular weight excluding hydrogens is 319 g/mol. The van der Waals surface area contributed by atoms with Gasteiger partial charge in [-0.25, -0.2) is 4.39 Å². The molecule has 8 heteroatoms. The third kappa shape index (κ3) is 4.19. The lowest BCUT2D eigenvalue weighted by Gasteiger charge is -2.14. The van der Waals surface area contributed by atoms with Gasteiger partial charge in [-0.1, -0.05) is 6.07 Å². The molecule has 1 amide bonds. The van der Waals surface area contributed by atoms with Crippen molar-refractivity contribution in [3.05, 3.63) is 63.7 Å². The Morgan fingerprint density at radius 1 is 1.42 bits per heavy atom. The van der Waals surface area contributed by atoms with Gasteiger partial charge in [0.15, 0.2) is 11.6 Å². The van der Waals surface area contributed by atoms with E-state index in [1.165, 1.54) is 43.5 Å². The van der Waals surface area contributed by atoms with Crippen LogP contribution < -0.4 is 10.1 Å². The van der Waals surface area contributed by atoms with Crippen LogP contribution in [-0.4, -0.2) is 17.9 Å². The Morgan fingerprint density at radius 2 is 2.17 bits per heavy atom. The van der Waals surface area contributed by atoms with E-state index in [2.05, 4.69) is 5.32 Å². The number of halogens is 1. The summed E-state index contributed by atoms with van der Waals surface area (Å²) >= 11 is 0. The van der Waals surface area contributed by atoms with Gasteiger partial charge in [-0.15, -0.1) is 0 Å². The molecule has 24 heavy (non-hydrogen) atoms. The second kappa shape index (κ2) is 7.40. The molecule has 0 saturated carbocycles. The van der Waals surface area contributed by atoms with Gasteiger partial charge in [0, 0.05) is 6.08 Å². The molecule has 1 aromatic heterocycles. The number of furan rings is 1. The normalized spacial score (nSPS) is 12.1. The standard InChI is InChI=1S/C16H15FN2O5/c1-10(11-3-6-14(23-2)13(17)9-11)18-15(20)7-4-12-5-8-16(24-12)19(21)22/h3-10H,1-2H3,(H,18,20)/b7-4+/t10-/m0/s1. The molecule has 0 radical (unpaired) electrons. The molecule has 0 spiro atoms. The van der Waals surface area contributed by atoms with Crippen LogP contribution in [0.15, 0.2) is 40.8 Å². The summed E-state index contributed by atoms with van der Waals surface area (Å²) in [5.74, 6) is -1.07. The molecule has 1 atom stereocenters. The molecule has 0 saturated heterocycles. The molecular formula is C16H15FN2O5. The zero-order valence-electron chi connectivity index (χ0n) is 13.0. The lowest BCUT2D eigenvalue weighted by molar-refractivity contribution is -0.402. The van der Waals surface area contributed by atoms with Crippen molar-refractivity contribution < 1.29 is 23.3 Å². The smallest absolute Gasteiger partial charge is 0.433 e. The second-order valence-corrected chi connectivity index (χ2v) is 4.89. The van der Waals surface area contributed by atoms with Crippen molar-refractivity contribution in [1.29, 1.82) is 0 Å². The summed E-state index contributed by atoms with van der Waals surface area (Å²) in [7, 11) is 1.37. The first-order valence-electron chi connectivity index (χ1n) is 6.97. The van der Waals surface area contributed by atoms with Gasteiger partial charge in [-0.3, -0.25) is 14.9 Å².